The van der Waals surface area contributed by atoms with Crippen LogP contribution >= 0.6 is 0 Å². The highest BCUT2D eigenvalue weighted by atomic mass is 16.4. The van der Waals surface area contributed by atoms with Crippen molar-refractivity contribution >= 4 is 23.8 Å². The molecule has 0 bridgehead atoms. The van der Waals surface area contributed by atoms with Crippen molar-refractivity contribution in [2.45, 2.75) is 50.2 Å². The number of phenols is 1. The van der Waals surface area contributed by atoms with Crippen LogP contribution in [0.25, 0.3) is 0 Å². The fraction of sp³-hybridized carbons (Fsp3) is 0.474. The minimum atomic E-state index is -1.38. The van der Waals surface area contributed by atoms with Gasteiger partial charge in [0.15, 0.2) is 0 Å². The lowest BCUT2D eigenvalue weighted by Gasteiger charge is -2.23. The summed E-state index contributed by atoms with van der Waals surface area (Å²) in [5.41, 5.74) is 11.5. The number of carboxylic acids is 2. The molecule has 1 aromatic carbocycles. The van der Waals surface area contributed by atoms with Gasteiger partial charge < -0.3 is 37.4 Å². The molecule has 0 unspecified atom stereocenters. The van der Waals surface area contributed by atoms with Crippen LogP contribution in [0.1, 0.15) is 31.2 Å². The molecule has 2 amide bonds. The number of nitrogens with two attached hydrogens (primary N) is 2. The van der Waals surface area contributed by atoms with E-state index in [0.717, 1.165) is 0 Å². The van der Waals surface area contributed by atoms with Crippen LogP contribution in [-0.2, 0) is 25.6 Å². The topological polar surface area (TPSA) is 205 Å². The Hall–Kier alpha value is -3.18. The number of hydrogen-bond donors (Lipinski definition) is 7. The number of nitrogens with one attached hydrogen (secondary N) is 2. The lowest BCUT2D eigenvalue weighted by atomic mass is 10.0. The van der Waals surface area contributed by atoms with Crippen molar-refractivity contribution in [3.63, 3.8) is 0 Å². The number of rotatable bonds is 13. The monoisotopic (exact) mass is 424 g/mol. The highest BCUT2D eigenvalue weighted by molar-refractivity contribution is 5.93. The third-order valence-electron chi connectivity index (χ3n) is 4.30. The average Bonchev–Trinajstić information content (AvgIpc) is 2.67. The molecule has 0 aliphatic rings. The van der Waals surface area contributed by atoms with E-state index in [1.165, 1.54) is 24.3 Å². The van der Waals surface area contributed by atoms with E-state index in [4.69, 9.17) is 16.6 Å². The van der Waals surface area contributed by atoms with Crippen LogP contribution in [0.4, 0.5) is 0 Å². The Kier molecular flexibility index (Phi) is 10.3. The van der Waals surface area contributed by atoms with Crippen LogP contribution in [-0.4, -0.2) is 63.7 Å². The number of amides is 2. The summed E-state index contributed by atoms with van der Waals surface area (Å²) in [5, 5.41) is 32.3. The second kappa shape index (κ2) is 12.4. The molecule has 0 spiro atoms. The minimum Gasteiger partial charge on any atom is -0.508 e. The minimum absolute atomic E-state index is 0.0121. The predicted molar refractivity (Wildman–Crippen MR) is 106 cm³/mol. The van der Waals surface area contributed by atoms with E-state index in [0.29, 0.717) is 24.9 Å². The zero-order valence-corrected chi connectivity index (χ0v) is 16.4. The van der Waals surface area contributed by atoms with E-state index < -0.39 is 48.3 Å². The molecule has 0 aliphatic heterocycles. The zero-order chi connectivity index (χ0) is 22.7. The van der Waals surface area contributed by atoms with Gasteiger partial charge in [-0.2, -0.15) is 0 Å². The first-order valence-corrected chi connectivity index (χ1v) is 9.43. The van der Waals surface area contributed by atoms with Crippen molar-refractivity contribution < 1.29 is 34.5 Å². The van der Waals surface area contributed by atoms with Gasteiger partial charge in [0.05, 0.1) is 12.5 Å². The summed E-state index contributed by atoms with van der Waals surface area (Å²) in [6.07, 6.45) is 0.600. The van der Waals surface area contributed by atoms with Crippen molar-refractivity contribution in [2.24, 2.45) is 11.5 Å². The van der Waals surface area contributed by atoms with Gasteiger partial charge in [-0.1, -0.05) is 12.1 Å². The predicted octanol–water partition coefficient (Wildman–Crippen LogP) is -1.08. The maximum absolute atomic E-state index is 12.7. The maximum atomic E-state index is 12.7. The molecular formula is C19H28N4O7. The number of hydrogen-bond acceptors (Lipinski definition) is 7. The van der Waals surface area contributed by atoms with Crippen LogP contribution in [0, 0.1) is 0 Å². The molecule has 0 heterocycles. The Morgan fingerprint density at radius 3 is 2.07 bits per heavy atom. The molecule has 0 saturated heterocycles. The molecule has 166 valence electrons. The Morgan fingerprint density at radius 1 is 0.933 bits per heavy atom. The van der Waals surface area contributed by atoms with Gasteiger partial charge >= 0.3 is 11.9 Å². The molecule has 9 N–H and O–H groups in total. The average molecular weight is 424 g/mol. The number of carbonyl (C=O) groups excluding carboxylic acids is 2. The van der Waals surface area contributed by atoms with Gasteiger partial charge in [-0.3, -0.25) is 14.4 Å². The van der Waals surface area contributed by atoms with Gasteiger partial charge in [-0.25, -0.2) is 4.79 Å². The van der Waals surface area contributed by atoms with E-state index in [2.05, 4.69) is 10.6 Å². The van der Waals surface area contributed by atoms with E-state index in [1.54, 1.807) is 0 Å². The van der Waals surface area contributed by atoms with Crippen molar-refractivity contribution in [3.05, 3.63) is 29.8 Å². The first-order chi connectivity index (χ1) is 14.1. The quantitative estimate of drug-likeness (QED) is 0.192. The summed E-state index contributed by atoms with van der Waals surface area (Å²) in [6, 6.07) is 2.13. The number of carboxylic acid groups (broad SMARTS) is 2. The summed E-state index contributed by atoms with van der Waals surface area (Å²) in [7, 11) is 0. The molecule has 1 aromatic rings. The SMILES string of the molecule is NCCCC[C@H](NC(=O)[C@H](Cc1ccc(O)cc1)NC(=O)[C@@H](N)CC(=O)O)C(=O)O. The van der Waals surface area contributed by atoms with Crippen LogP contribution in [0.2, 0.25) is 0 Å². The maximum Gasteiger partial charge on any atom is 0.326 e. The van der Waals surface area contributed by atoms with Gasteiger partial charge in [0.1, 0.15) is 17.8 Å². The molecule has 0 aromatic heterocycles. The number of aromatic hydroxyl groups is 1. The molecular weight excluding hydrogens is 396 g/mol. The summed E-state index contributed by atoms with van der Waals surface area (Å²) >= 11 is 0. The second-order valence-electron chi connectivity index (χ2n) is 6.82. The molecule has 0 saturated carbocycles. The standard InChI is InChI=1S/C19H28N4O7/c20-8-2-1-3-14(19(29)30)22-18(28)15(9-11-4-6-12(24)7-5-11)23-17(27)13(21)10-16(25)26/h4-7,13-15,24H,1-3,8-10,20-21H2,(H,22,28)(H,23,27)(H,25,26)(H,29,30)/t13-,14-,15-/m0/s1. The van der Waals surface area contributed by atoms with Crippen LogP contribution < -0.4 is 22.1 Å². The number of phenolic OH excluding ortho intramolecular Hbond substituents is 1. The lowest BCUT2D eigenvalue weighted by molar-refractivity contribution is -0.143. The van der Waals surface area contributed by atoms with E-state index in [1.807, 2.05) is 0 Å². The zero-order valence-electron chi connectivity index (χ0n) is 16.4. The van der Waals surface area contributed by atoms with Crippen molar-refractivity contribution in [2.75, 3.05) is 6.54 Å². The number of benzene rings is 1. The first-order valence-electron chi connectivity index (χ1n) is 9.43. The van der Waals surface area contributed by atoms with Gasteiger partial charge in [-0.05, 0) is 43.5 Å². The molecule has 11 heteroatoms. The Labute approximate surface area is 173 Å². The molecule has 3 atom stereocenters. The van der Waals surface area contributed by atoms with E-state index in [9.17, 15) is 29.4 Å². The first kappa shape index (κ1) is 24.9. The van der Waals surface area contributed by atoms with Crippen LogP contribution in [0.5, 0.6) is 5.75 Å². The Balaban J connectivity index is 2.94. The van der Waals surface area contributed by atoms with E-state index >= 15 is 0 Å². The largest absolute Gasteiger partial charge is 0.508 e. The molecule has 30 heavy (non-hydrogen) atoms. The van der Waals surface area contributed by atoms with Crippen molar-refractivity contribution in [3.8, 4) is 5.75 Å². The fourth-order valence-electron chi connectivity index (χ4n) is 2.66. The van der Waals surface area contributed by atoms with Gasteiger partial charge in [0, 0.05) is 6.42 Å². The van der Waals surface area contributed by atoms with Crippen molar-refractivity contribution in [1.29, 1.82) is 0 Å². The smallest absolute Gasteiger partial charge is 0.326 e. The molecule has 0 radical (unpaired) electrons. The number of aliphatic carboxylic acids is 2. The summed E-state index contributed by atoms with van der Waals surface area (Å²) in [5.74, 6) is -4.09. The van der Waals surface area contributed by atoms with Crippen molar-refractivity contribution in [1.82, 2.24) is 10.6 Å². The summed E-state index contributed by atoms with van der Waals surface area (Å²) in [4.78, 5) is 47.2. The second-order valence-corrected chi connectivity index (χ2v) is 6.82. The van der Waals surface area contributed by atoms with Crippen LogP contribution in [0.15, 0.2) is 24.3 Å². The fourth-order valence-corrected chi connectivity index (χ4v) is 2.66. The normalized spacial score (nSPS) is 13.7. The third-order valence-corrected chi connectivity index (χ3v) is 4.30. The Bertz CT molecular complexity index is 739. The Morgan fingerprint density at radius 2 is 1.53 bits per heavy atom. The molecule has 1 rings (SSSR count). The summed E-state index contributed by atoms with van der Waals surface area (Å²) < 4.78 is 0. The molecule has 11 nitrogen and oxygen atoms in total. The highest BCUT2D eigenvalue weighted by Gasteiger charge is 2.28. The highest BCUT2D eigenvalue weighted by Crippen LogP contribution is 2.12. The molecule has 0 aliphatic carbocycles. The van der Waals surface area contributed by atoms with E-state index in [-0.39, 0.29) is 18.6 Å². The lowest BCUT2D eigenvalue weighted by Crippen LogP contribution is -2.55. The number of carbonyl (C=O) groups is 4. The van der Waals surface area contributed by atoms with Gasteiger partial charge in [0.25, 0.3) is 0 Å². The molecule has 0 fully saturated rings. The van der Waals surface area contributed by atoms with Gasteiger partial charge in [-0.15, -0.1) is 0 Å². The van der Waals surface area contributed by atoms with Crippen LogP contribution in [0.3, 0.4) is 0 Å². The van der Waals surface area contributed by atoms with Gasteiger partial charge in [0.2, 0.25) is 11.8 Å². The summed E-state index contributed by atoms with van der Waals surface area (Å²) in [6.45, 7) is 0.390. The third kappa shape index (κ3) is 8.88. The number of unbranched alkanes of at least 4 members (excludes halogenated alkanes) is 1.